The maximum absolute atomic E-state index is 8.95. The van der Waals surface area contributed by atoms with Gasteiger partial charge in [0.05, 0.1) is 10.7 Å². The van der Waals surface area contributed by atoms with Crippen molar-refractivity contribution in [2.75, 3.05) is 5.32 Å². The topological polar surface area (TPSA) is 32.3 Å². The van der Waals surface area contributed by atoms with Crippen molar-refractivity contribution in [2.45, 2.75) is 19.1 Å². The Morgan fingerprint density at radius 3 is 2.81 bits per heavy atom. The van der Waals surface area contributed by atoms with Crippen molar-refractivity contribution < 1.29 is 5.02 Å². The molecule has 0 unspecified atom stereocenters. The lowest BCUT2D eigenvalue weighted by Crippen LogP contribution is -2.17. The average molecular weight is 273 g/mol. The molecule has 0 spiro atoms. The van der Waals surface area contributed by atoms with Crippen molar-refractivity contribution in [3.05, 3.63) is 23.2 Å². The zero-order valence-electron chi connectivity index (χ0n) is 9.03. The number of thioether (sulfide) groups is 1. The molecule has 0 aromatic heterocycles. The average Bonchev–Trinajstić information content (AvgIpc) is 2.20. The number of anilines is 1. The molecule has 0 heterocycles. The van der Waals surface area contributed by atoms with Crippen LogP contribution in [0.2, 0.25) is 5.02 Å². The summed E-state index contributed by atoms with van der Waals surface area (Å²) in [6.45, 7) is 4.14. The van der Waals surface area contributed by atoms with E-state index in [1.54, 1.807) is 23.9 Å². The lowest BCUT2D eigenvalue weighted by Gasteiger charge is -2.12. The third-order valence-corrected chi connectivity index (χ3v) is 3.35. The van der Waals surface area contributed by atoms with Crippen molar-refractivity contribution in [3.63, 3.8) is 0 Å². The van der Waals surface area contributed by atoms with E-state index in [-0.39, 0.29) is 0 Å². The molecule has 85 valence electrons. The first-order valence-electron chi connectivity index (χ1n) is 4.78. The van der Waals surface area contributed by atoms with Gasteiger partial charge in [-0.1, -0.05) is 61.6 Å². The van der Waals surface area contributed by atoms with Crippen molar-refractivity contribution in [2.24, 2.45) is 0 Å². The fourth-order valence-corrected chi connectivity index (χ4v) is 2.61. The van der Waals surface area contributed by atoms with Gasteiger partial charge in [-0.3, -0.25) is 0 Å². The lowest BCUT2D eigenvalue weighted by atomic mass is 9.88. The summed E-state index contributed by atoms with van der Waals surface area (Å²) in [4.78, 5) is 0. The van der Waals surface area contributed by atoms with Gasteiger partial charge in [-0.15, -0.1) is 0 Å². The van der Waals surface area contributed by atoms with Gasteiger partial charge in [-0.05, 0) is 11.5 Å². The van der Waals surface area contributed by atoms with E-state index in [4.69, 9.17) is 28.8 Å². The third-order valence-electron chi connectivity index (χ3n) is 1.75. The molecule has 2 nitrogen and oxygen atoms in total. The Morgan fingerprint density at radius 2 is 2.25 bits per heavy atom. The van der Waals surface area contributed by atoms with Crippen LogP contribution in [0.25, 0.3) is 0 Å². The molecule has 16 heavy (non-hydrogen) atoms. The minimum absolute atomic E-state index is 0.423. The van der Waals surface area contributed by atoms with E-state index in [1.165, 1.54) is 0 Å². The Labute approximate surface area is 111 Å². The second-order valence-electron chi connectivity index (χ2n) is 3.42. The SMILES string of the molecule is CC(C)SC(=S)Nc1cccc([B]O)c1Cl. The van der Waals surface area contributed by atoms with Gasteiger partial charge in [0.15, 0.2) is 0 Å². The smallest absolute Gasteiger partial charge is 0.328 e. The van der Waals surface area contributed by atoms with Gasteiger partial charge in [0.25, 0.3) is 0 Å². The van der Waals surface area contributed by atoms with Gasteiger partial charge in [0.1, 0.15) is 4.32 Å². The first kappa shape index (κ1) is 13.8. The monoisotopic (exact) mass is 272 g/mol. The van der Waals surface area contributed by atoms with E-state index in [9.17, 15) is 0 Å². The highest BCUT2D eigenvalue weighted by atomic mass is 35.5. The summed E-state index contributed by atoms with van der Waals surface area (Å²) >= 11 is 12.8. The summed E-state index contributed by atoms with van der Waals surface area (Å²) < 4.78 is 0.673. The van der Waals surface area contributed by atoms with Gasteiger partial charge < -0.3 is 10.3 Å². The van der Waals surface area contributed by atoms with Crippen LogP contribution in [0.1, 0.15) is 13.8 Å². The summed E-state index contributed by atoms with van der Waals surface area (Å²) in [5.74, 6) is 0. The number of hydrogen-bond acceptors (Lipinski definition) is 3. The predicted molar refractivity (Wildman–Crippen MR) is 78.0 cm³/mol. The van der Waals surface area contributed by atoms with E-state index in [2.05, 4.69) is 19.2 Å². The highest BCUT2D eigenvalue weighted by Crippen LogP contribution is 2.21. The molecule has 6 heteroatoms. The standard InChI is InChI=1S/C10H12BClNOS2/c1-6(2)16-10(15)13-8-5-3-4-7(11-14)9(8)12/h3-6,14H,1-2H3,(H,13,15). The molecule has 0 saturated carbocycles. The fraction of sp³-hybridized carbons (Fsp3) is 0.300. The van der Waals surface area contributed by atoms with Crippen LogP contribution in [0.3, 0.4) is 0 Å². The van der Waals surface area contributed by atoms with Crippen LogP contribution in [-0.2, 0) is 0 Å². The first-order chi connectivity index (χ1) is 7.54. The Morgan fingerprint density at radius 1 is 1.56 bits per heavy atom. The fourth-order valence-electron chi connectivity index (χ4n) is 1.10. The molecule has 2 N–H and O–H groups in total. The number of thiocarbonyl (C=S) groups is 1. The van der Waals surface area contributed by atoms with Crippen LogP contribution in [0.4, 0.5) is 5.69 Å². The van der Waals surface area contributed by atoms with Gasteiger partial charge >= 0.3 is 7.48 Å². The third kappa shape index (κ3) is 3.98. The molecule has 1 aromatic rings. The first-order valence-corrected chi connectivity index (χ1v) is 6.44. The number of hydrogen-bond donors (Lipinski definition) is 2. The molecule has 1 radical (unpaired) electrons. The van der Waals surface area contributed by atoms with Gasteiger partial charge in [0, 0.05) is 5.25 Å². The molecule has 0 bridgehead atoms. The molecule has 1 aromatic carbocycles. The molecule has 0 fully saturated rings. The van der Waals surface area contributed by atoms with Gasteiger partial charge in [-0.25, -0.2) is 0 Å². The molecule has 0 aliphatic rings. The maximum Gasteiger partial charge on any atom is 0.328 e. The molecular formula is C10H12BClNOS2. The minimum atomic E-state index is 0.423. The van der Waals surface area contributed by atoms with Gasteiger partial charge in [0.2, 0.25) is 0 Å². The number of nitrogens with one attached hydrogen (secondary N) is 1. The Kier molecular flexibility index (Phi) is 5.62. The summed E-state index contributed by atoms with van der Waals surface area (Å²) in [5, 5.41) is 12.9. The van der Waals surface area contributed by atoms with Crippen molar-refractivity contribution >= 4 is 58.5 Å². The largest absolute Gasteiger partial charge is 0.450 e. The van der Waals surface area contributed by atoms with Crippen LogP contribution in [0.15, 0.2) is 18.2 Å². The zero-order chi connectivity index (χ0) is 12.1. The zero-order valence-corrected chi connectivity index (χ0v) is 11.4. The summed E-state index contributed by atoms with van der Waals surface area (Å²) in [6, 6.07) is 5.35. The van der Waals surface area contributed by atoms with E-state index < -0.39 is 0 Å². The molecule has 0 aliphatic carbocycles. The van der Waals surface area contributed by atoms with E-state index in [0.29, 0.717) is 25.7 Å². The molecule has 0 aliphatic heterocycles. The number of benzene rings is 1. The summed E-state index contributed by atoms with van der Waals surface area (Å²) in [7, 11) is 0.978. The van der Waals surface area contributed by atoms with Crippen molar-refractivity contribution in [1.29, 1.82) is 0 Å². The Bertz CT molecular complexity index is 387. The molecule has 0 amide bonds. The van der Waals surface area contributed by atoms with Crippen LogP contribution >= 0.6 is 35.6 Å². The highest BCUT2D eigenvalue weighted by Gasteiger charge is 2.08. The number of halogens is 1. The van der Waals surface area contributed by atoms with Crippen molar-refractivity contribution in [3.8, 4) is 0 Å². The van der Waals surface area contributed by atoms with Crippen LogP contribution in [-0.4, -0.2) is 22.1 Å². The van der Waals surface area contributed by atoms with E-state index in [1.807, 2.05) is 6.07 Å². The normalized spacial score (nSPS) is 10.3. The van der Waals surface area contributed by atoms with Crippen LogP contribution < -0.4 is 10.8 Å². The minimum Gasteiger partial charge on any atom is -0.450 e. The molecule has 0 atom stereocenters. The van der Waals surface area contributed by atoms with Crippen molar-refractivity contribution in [1.82, 2.24) is 0 Å². The van der Waals surface area contributed by atoms with E-state index >= 15 is 0 Å². The maximum atomic E-state index is 8.95. The van der Waals surface area contributed by atoms with E-state index in [0.717, 1.165) is 7.48 Å². The molecule has 1 rings (SSSR count). The summed E-state index contributed by atoms with van der Waals surface area (Å²) in [6.07, 6.45) is 0. The predicted octanol–water partition coefficient (Wildman–Crippen LogP) is 2.42. The van der Waals surface area contributed by atoms with Crippen LogP contribution in [0, 0.1) is 0 Å². The molecule has 0 saturated heterocycles. The number of rotatable bonds is 3. The second kappa shape index (κ2) is 6.50. The second-order valence-corrected chi connectivity index (χ2v) is 6.05. The summed E-state index contributed by atoms with van der Waals surface area (Å²) in [5.41, 5.74) is 1.28. The van der Waals surface area contributed by atoms with Crippen LogP contribution in [0.5, 0.6) is 0 Å². The quantitative estimate of drug-likeness (QED) is 0.654. The Hall–Kier alpha value is -0.225. The highest BCUT2D eigenvalue weighted by molar-refractivity contribution is 8.23. The van der Waals surface area contributed by atoms with Gasteiger partial charge in [-0.2, -0.15) is 0 Å². The lowest BCUT2D eigenvalue weighted by molar-refractivity contribution is 0.615. The molecular weight excluding hydrogens is 261 g/mol. The Balaban J connectivity index is 2.77.